The maximum absolute atomic E-state index is 11.2. The summed E-state index contributed by atoms with van der Waals surface area (Å²) in [6.45, 7) is 4.09. The summed E-state index contributed by atoms with van der Waals surface area (Å²) >= 11 is 13.0. The zero-order valence-corrected chi connectivity index (χ0v) is 20.9. The first-order valence-electron chi connectivity index (χ1n) is 12.1. The summed E-state index contributed by atoms with van der Waals surface area (Å²) in [7, 11) is 0. The van der Waals surface area contributed by atoms with Crippen LogP contribution in [0.4, 0.5) is 5.95 Å². The van der Waals surface area contributed by atoms with E-state index in [0.717, 1.165) is 62.1 Å². The Morgan fingerprint density at radius 2 is 1.86 bits per heavy atom. The summed E-state index contributed by atoms with van der Waals surface area (Å²) in [5.41, 5.74) is 3.60. The van der Waals surface area contributed by atoms with Crippen LogP contribution in [0.25, 0.3) is 11.3 Å². The molecule has 9 heteroatoms. The van der Waals surface area contributed by atoms with Gasteiger partial charge in [0.2, 0.25) is 5.95 Å². The van der Waals surface area contributed by atoms with Crippen LogP contribution in [-0.4, -0.2) is 40.6 Å². The molecular formula is C26H26Cl2N4O3. The predicted octanol–water partition coefficient (Wildman–Crippen LogP) is 5.87. The maximum Gasteiger partial charge on any atom is 0.226 e. The van der Waals surface area contributed by atoms with E-state index < -0.39 is 0 Å². The minimum absolute atomic E-state index is 0.174. The molecule has 2 aliphatic carbocycles. The van der Waals surface area contributed by atoms with Gasteiger partial charge in [0, 0.05) is 35.8 Å². The molecule has 3 aromatic rings. The number of carbonyl (C=O) groups excluding carboxylic acids is 1. The van der Waals surface area contributed by atoms with E-state index in [1.165, 1.54) is 0 Å². The molecule has 0 radical (unpaired) electrons. The van der Waals surface area contributed by atoms with Crippen molar-refractivity contribution in [2.24, 2.45) is 11.8 Å². The number of anilines is 1. The quantitative estimate of drug-likeness (QED) is 0.366. The summed E-state index contributed by atoms with van der Waals surface area (Å²) in [4.78, 5) is 22.4. The number of hydrogen-bond acceptors (Lipinski definition) is 7. The van der Waals surface area contributed by atoms with E-state index in [2.05, 4.69) is 20.0 Å². The second-order valence-corrected chi connectivity index (χ2v) is 10.7. The van der Waals surface area contributed by atoms with Crippen LogP contribution in [0.15, 0.2) is 28.8 Å². The fourth-order valence-corrected chi connectivity index (χ4v) is 6.15. The lowest BCUT2D eigenvalue weighted by molar-refractivity contribution is 0.0402. The second kappa shape index (κ2) is 9.19. The number of halogens is 2. The van der Waals surface area contributed by atoms with Gasteiger partial charge in [0.15, 0.2) is 6.29 Å². The van der Waals surface area contributed by atoms with Crippen molar-refractivity contribution >= 4 is 35.4 Å². The SMILES string of the molecule is Cc1cc(C=O)nc(N2CC3CC(OCc4c(-c5c(Cl)cccc5Cl)noc4C4CC4)C[C@H]3C2)n1. The summed E-state index contributed by atoms with van der Waals surface area (Å²) < 4.78 is 12.2. The van der Waals surface area contributed by atoms with Crippen LogP contribution in [0.3, 0.4) is 0 Å². The molecular weight excluding hydrogens is 487 g/mol. The van der Waals surface area contributed by atoms with E-state index in [9.17, 15) is 4.79 Å². The number of rotatable bonds is 7. The van der Waals surface area contributed by atoms with E-state index in [4.69, 9.17) is 32.5 Å². The van der Waals surface area contributed by atoms with Crippen molar-refractivity contribution < 1.29 is 14.1 Å². The molecule has 1 aliphatic heterocycles. The average molecular weight is 513 g/mol. The smallest absolute Gasteiger partial charge is 0.226 e. The van der Waals surface area contributed by atoms with E-state index in [0.29, 0.717) is 57.3 Å². The maximum atomic E-state index is 11.2. The minimum atomic E-state index is 0.174. The molecule has 2 unspecified atom stereocenters. The van der Waals surface area contributed by atoms with E-state index in [-0.39, 0.29) is 6.10 Å². The Labute approximate surface area is 213 Å². The van der Waals surface area contributed by atoms with E-state index in [1.807, 2.05) is 25.1 Å². The first kappa shape index (κ1) is 23.0. The Balaban J connectivity index is 1.15. The van der Waals surface area contributed by atoms with Crippen molar-refractivity contribution in [3.63, 3.8) is 0 Å². The van der Waals surface area contributed by atoms with Gasteiger partial charge in [0.05, 0.1) is 22.8 Å². The van der Waals surface area contributed by atoms with E-state index in [1.54, 1.807) is 6.07 Å². The molecule has 35 heavy (non-hydrogen) atoms. The van der Waals surface area contributed by atoms with Crippen LogP contribution in [0.1, 0.15) is 59.1 Å². The predicted molar refractivity (Wildman–Crippen MR) is 133 cm³/mol. The number of benzene rings is 1. The Bertz CT molecular complexity index is 1240. The lowest BCUT2D eigenvalue weighted by Crippen LogP contribution is -2.25. The van der Waals surface area contributed by atoms with Crippen LogP contribution in [0.5, 0.6) is 0 Å². The molecule has 182 valence electrons. The molecule has 3 atom stereocenters. The lowest BCUT2D eigenvalue weighted by atomic mass is 10.0. The Kier molecular flexibility index (Phi) is 6.03. The molecule has 1 saturated heterocycles. The largest absolute Gasteiger partial charge is 0.373 e. The highest BCUT2D eigenvalue weighted by atomic mass is 35.5. The molecule has 3 fully saturated rings. The molecule has 1 aromatic carbocycles. The van der Waals surface area contributed by atoms with Crippen molar-refractivity contribution in [1.29, 1.82) is 0 Å². The Hall–Kier alpha value is -2.48. The van der Waals surface area contributed by atoms with Crippen LogP contribution < -0.4 is 4.90 Å². The third-order valence-corrected chi connectivity index (χ3v) is 8.03. The highest BCUT2D eigenvalue weighted by Crippen LogP contribution is 2.47. The highest BCUT2D eigenvalue weighted by molar-refractivity contribution is 6.39. The molecule has 0 N–H and O–H groups in total. The number of aryl methyl sites for hydroxylation is 1. The molecule has 3 aliphatic rings. The minimum Gasteiger partial charge on any atom is -0.373 e. The van der Waals surface area contributed by atoms with E-state index >= 15 is 0 Å². The van der Waals surface area contributed by atoms with Gasteiger partial charge in [-0.15, -0.1) is 0 Å². The van der Waals surface area contributed by atoms with Gasteiger partial charge in [-0.2, -0.15) is 0 Å². The number of ether oxygens (including phenoxy) is 1. The lowest BCUT2D eigenvalue weighted by Gasteiger charge is -2.20. The molecule has 2 aromatic heterocycles. The van der Waals surface area contributed by atoms with Gasteiger partial charge in [-0.1, -0.05) is 34.4 Å². The van der Waals surface area contributed by atoms with Gasteiger partial charge >= 0.3 is 0 Å². The molecule has 0 bridgehead atoms. The summed E-state index contributed by atoms with van der Waals surface area (Å²) in [5, 5.41) is 5.48. The number of aromatic nitrogens is 3. The zero-order chi connectivity index (χ0) is 24.1. The van der Waals surface area contributed by atoms with Crippen molar-refractivity contribution in [3.8, 4) is 11.3 Å². The van der Waals surface area contributed by atoms with Crippen molar-refractivity contribution in [2.45, 2.75) is 51.2 Å². The van der Waals surface area contributed by atoms with Gasteiger partial charge in [0.25, 0.3) is 0 Å². The van der Waals surface area contributed by atoms with Gasteiger partial charge in [-0.05, 0) is 62.6 Å². The number of fused-ring (bicyclic) bond motifs is 1. The average Bonchev–Trinajstić information content (AvgIpc) is 3.30. The van der Waals surface area contributed by atoms with Crippen LogP contribution in [0.2, 0.25) is 10.0 Å². The standard InChI is InChI=1S/C26H26Cl2N4O3/c1-14-7-18(12-33)30-26(29-14)32-10-16-8-19(9-17(16)11-32)34-13-20-24(31-35-25(20)15-5-6-15)23-21(27)3-2-4-22(23)28/h2-4,7,12,15-17,19H,5-6,8-11,13H2,1H3/t16-,17?,19?/m0/s1. The third-order valence-electron chi connectivity index (χ3n) is 7.40. The first-order valence-corrected chi connectivity index (χ1v) is 12.9. The Morgan fingerprint density at radius 1 is 1.14 bits per heavy atom. The van der Waals surface area contributed by atoms with Gasteiger partial charge < -0.3 is 14.2 Å². The fourth-order valence-electron chi connectivity index (χ4n) is 5.57. The first-order chi connectivity index (χ1) is 17.0. The van der Waals surface area contributed by atoms with Gasteiger partial charge in [-0.25, -0.2) is 9.97 Å². The topological polar surface area (TPSA) is 81.4 Å². The molecule has 0 spiro atoms. The number of carbonyl (C=O) groups is 1. The molecule has 0 amide bonds. The van der Waals surface area contributed by atoms with Crippen LogP contribution >= 0.6 is 23.2 Å². The van der Waals surface area contributed by atoms with Crippen LogP contribution in [-0.2, 0) is 11.3 Å². The Morgan fingerprint density at radius 3 is 2.51 bits per heavy atom. The molecule has 7 nitrogen and oxygen atoms in total. The molecule has 3 heterocycles. The van der Waals surface area contributed by atoms with Gasteiger partial charge in [0.1, 0.15) is 17.1 Å². The zero-order valence-electron chi connectivity index (χ0n) is 19.4. The monoisotopic (exact) mass is 512 g/mol. The highest BCUT2D eigenvalue weighted by Gasteiger charge is 2.42. The summed E-state index contributed by atoms with van der Waals surface area (Å²) in [6, 6.07) is 7.17. The summed E-state index contributed by atoms with van der Waals surface area (Å²) in [6.07, 6.45) is 5.14. The van der Waals surface area contributed by atoms with Crippen molar-refractivity contribution in [1.82, 2.24) is 15.1 Å². The summed E-state index contributed by atoms with van der Waals surface area (Å²) in [5.74, 6) is 3.00. The number of hydrogen-bond donors (Lipinski definition) is 0. The van der Waals surface area contributed by atoms with Gasteiger partial charge in [-0.3, -0.25) is 4.79 Å². The number of nitrogens with zero attached hydrogens (tertiary/aromatic N) is 4. The molecule has 2 saturated carbocycles. The third kappa shape index (κ3) is 4.46. The second-order valence-electron chi connectivity index (χ2n) is 9.93. The normalized spacial score (nSPS) is 23.6. The van der Waals surface area contributed by atoms with Crippen molar-refractivity contribution in [3.05, 3.63) is 57.0 Å². The number of aldehydes is 1. The van der Waals surface area contributed by atoms with Crippen molar-refractivity contribution in [2.75, 3.05) is 18.0 Å². The molecule has 6 rings (SSSR count). The van der Waals surface area contributed by atoms with Crippen LogP contribution in [0, 0.1) is 18.8 Å². The fraction of sp³-hybridized carbons (Fsp3) is 0.462.